The maximum absolute atomic E-state index is 4.57. The highest BCUT2D eigenvalue weighted by Crippen LogP contribution is 2.38. The van der Waals surface area contributed by atoms with E-state index in [1.165, 1.54) is 19.3 Å². The van der Waals surface area contributed by atoms with Gasteiger partial charge in [-0.05, 0) is 36.7 Å². The summed E-state index contributed by atoms with van der Waals surface area (Å²) in [5, 5.41) is 1.13. The number of aromatic amines is 1. The molecule has 0 aromatic carbocycles. The van der Waals surface area contributed by atoms with Crippen LogP contribution in [0, 0.1) is 17.8 Å². The Bertz CT molecular complexity index is 604. The normalized spacial score (nSPS) is 26.4. The lowest BCUT2D eigenvalue weighted by Crippen LogP contribution is -2.44. The van der Waals surface area contributed by atoms with Gasteiger partial charge >= 0.3 is 0 Å². The van der Waals surface area contributed by atoms with Gasteiger partial charge in [0.1, 0.15) is 17.8 Å². The summed E-state index contributed by atoms with van der Waals surface area (Å²) in [5.41, 5.74) is 0.928. The molecule has 2 aromatic rings. The van der Waals surface area contributed by atoms with Gasteiger partial charge in [0, 0.05) is 19.3 Å². The summed E-state index contributed by atoms with van der Waals surface area (Å²) >= 11 is 0. The van der Waals surface area contributed by atoms with E-state index in [1.54, 1.807) is 6.33 Å². The molecule has 2 heterocycles. The number of fused-ring (bicyclic) bond motifs is 1. The van der Waals surface area contributed by atoms with E-state index in [1.807, 2.05) is 6.20 Å². The van der Waals surface area contributed by atoms with Gasteiger partial charge in [-0.2, -0.15) is 0 Å². The lowest BCUT2D eigenvalue weighted by atomic mass is 9.73. The molecule has 3 rings (SSSR count). The van der Waals surface area contributed by atoms with Crippen molar-refractivity contribution in [2.24, 2.45) is 17.8 Å². The third-order valence-corrected chi connectivity index (χ3v) is 5.15. The summed E-state index contributed by atoms with van der Waals surface area (Å²) in [6, 6.07) is 2.65. The predicted octanol–water partition coefficient (Wildman–Crippen LogP) is 3.85. The number of H-pyrrole nitrogens is 1. The van der Waals surface area contributed by atoms with Crippen molar-refractivity contribution in [2.45, 2.75) is 46.1 Å². The standard InChI is InChI=1S/C17H26N4/c1-11(2)13-6-5-12(3)9-15(13)21(4)17-14-7-8-18-16(14)19-10-20-17/h7-8,10-13,15H,5-6,9H2,1-4H3,(H,18,19,20). The highest BCUT2D eigenvalue weighted by Gasteiger charge is 2.34. The monoisotopic (exact) mass is 286 g/mol. The summed E-state index contributed by atoms with van der Waals surface area (Å²) in [6.07, 6.45) is 7.56. The van der Waals surface area contributed by atoms with Crippen LogP contribution in [0.5, 0.6) is 0 Å². The van der Waals surface area contributed by atoms with Crippen molar-refractivity contribution in [1.82, 2.24) is 15.0 Å². The average Bonchev–Trinajstić information content (AvgIpc) is 2.94. The molecule has 0 aliphatic heterocycles. The molecule has 4 heteroatoms. The van der Waals surface area contributed by atoms with Gasteiger partial charge in [0.15, 0.2) is 0 Å². The minimum absolute atomic E-state index is 0.571. The quantitative estimate of drug-likeness (QED) is 0.932. The zero-order valence-corrected chi connectivity index (χ0v) is 13.5. The summed E-state index contributed by atoms with van der Waals surface area (Å²) in [7, 11) is 2.20. The maximum Gasteiger partial charge on any atom is 0.142 e. The van der Waals surface area contributed by atoms with Crippen molar-refractivity contribution in [1.29, 1.82) is 0 Å². The van der Waals surface area contributed by atoms with Gasteiger partial charge in [-0.15, -0.1) is 0 Å². The molecular formula is C17H26N4. The molecule has 0 saturated heterocycles. The number of nitrogens with one attached hydrogen (secondary N) is 1. The number of nitrogens with zero attached hydrogens (tertiary/aromatic N) is 3. The van der Waals surface area contributed by atoms with E-state index in [9.17, 15) is 0 Å². The topological polar surface area (TPSA) is 44.8 Å². The SMILES string of the molecule is CC1CCC(C(C)C)C(N(C)c2ncnc3[nH]ccc23)C1. The Morgan fingerprint density at radius 2 is 2.10 bits per heavy atom. The second kappa shape index (κ2) is 5.66. The number of hydrogen-bond acceptors (Lipinski definition) is 3. The van der Waals surface area contributed by atoms with E-state index in [4.69, 9.17) is 0 Å². The second-order valence-corrected chi connectivity index (χ2v) is 6.94. The molecule has 21 heavy (non-hydrogen) atoms. The molecule has 4 nitrogen and oxygen atoms in total. The number of aromatic nitrogens is 3. The molecule has 1 aliphatic carbocycles. The van der Waals surface area contributed by atoms with E-state index in [2.05, 4.69) is 53.7 Å². The van der Waals surface area contributed by atoms with Crippen LogP contribution in [0.3, 0.4) is 0 Å². The molecule has 0 radical (unpaired) electrons. The van der Waals surface area contributed by atoms with E-state index >= 15 is 0 Å². The summed E-state index contributed by atoms with van der Waals surface area (Å²) in [5.74, 6) is 3.32. The van der Waals surface area contributed by atoms with Crippen molar-refractivity contribution in [2.75, 3.05) is 11.9 Å². The van der Waals surface area contributed by atoms with Crippen LogP contribution >= 0.6 is 0 Å². The van der Waals surface area contributed by atoms with Crippen LogP contribution in [0.2, 0.25) is 0 Å². The zero-order chi connectivity index (χ0) is 15.0. The highest BCUT2D eigenvalue weighted by atomic mass is 15.2. The predicted molar refractivity (Wildman–Crippen MR) is 87.4 cm³/mol. The Labute approximate surface area is 127 Å². The average molecular weight is 286 g/mol. The van der Waals surface area contributed by atoms with E-state index < -0.39 is 0 Å². The Morgan fingerprint density at radius 1 is 1.29 bits per heavy atom. The smallest absolute Gasteiger partial charge is 0.142 e. The van der Waals surface area contributed by atoms with E-state index in [0.29, 0.717) is 12.0 Å². The molecule has 3 unspecified atom stereocenters. The Hall–Kier alpha value is -1.58. The molecule has 1 N–H and O–H groups in total. The van der Waals surface area contributed by atoms with Crippen molar-refractivity contribution >= 4 is 16.9 Å². The van der Waals surface area contributed by atoms with Crippen LogP contribution in [0.25, 0.3) is 11.0 Å². The lowest BCUT2D eigenvalue weighted by molar-refractivity contribution is 0.194. The summed E-state index contributed by atoms with van der Waals surface area (Å²) in [6.45, 7) is 7.09. The van der Waals surface area contributed by atoms with Crippen LogP contribution in [-0.4, -0.2) is 28.0 Å². The fourth-order valence-corrected chi connectivity index (χ4v) is 3.89. The molecule has 1 fully saturated rings. The summed E-state index contributed by atoms with van der Waals surface area (Å²) < 4.78 is 0. The van der Waals surface area contributed by atoms with Gasteiger partial charge in [-0.25, -0.2) is 9.97 Å². The van der Waals surface area contributed by atoms with Crippen molar-refractivity contribution in [3.05, 3.63) is 18.6 Å². The van der Waals surface area contributed by atoms with Crippen LogP contribution in [0.15, 0.2) is 18.6 Å². The van der Waals surface area contributed by atoms with Gasteiger partial charge in [0.25, 0.3) is 0 Å². The van der Waals surface area contributed by atoms with Gasteiger partial charge < -0.3 is 9.88 Å². The second-order valence-electron chi connectivity index (χ2n) is 6.94. The molecule has 0 amide bonds. The summed E-state index contributed by atoms with van der Waals surface area (Å²) in [4.78, 5) is 14.5. The number of hydrogen-bond donors (Lipinski definition) is 1. The van der Waals surface area contributed by atoms with Crippen LogP contribution < -0.4 is 4.90 Å². The van der Waals surface area contributed by atoms with E-state index in [-0.39, 0.29) is 0 Å². The first kappa shape index (κ1) is 14.4. The van der Waals surface area contributed by atoms with Crippen molar-refractivity contribution < 1.29 is 0 Å². The fourth-order valence-electron chi connectivity index (χ4n) is 3.89. The zero-order valence-electron chi connectivity index (χ0n) is 13.5. The highest BCUT2D eigenvalue weighted by molar-refractivity contribution is 5.87. The Kier molecular flexibility index (Phi) is 3.87. The van der Waals surface area contributed by atoms with Crippen LogP contribution in [-0.2, 0) is 0 Å². The maximum atomic E-state index is 4.57. The van der Waals surface area contributed by atoms with Gasteiger partial charge in [-0.3, -0.25) is 0 Å². The van der Waals surface area contributed by atoms with Crippen molar-refractivity contribution in [3.63, 3.8) is 0 Å². The van der Waals surface area contributed by atoms with Gasteiger partial charge in [0.2, 0.25) is 0 Å². The molecule has 3 atom stereocenters. The molecule has 0 spiro atoms. The van der Waals surface area contributed by atoms with Crippen LogP contribution in [0.1, 0.15) is 40.0 Å². The largest absolute Gasteiger partial charge is 0.356 e. The third-order valence-electron chi connectivity index (χ3n) is 5.15. The van der Waals surface area contributed by atoms with Crippen LogP contribution in [0.4, 0.5) is 5.82 Å². The van der Waals surface area contributed by atoms with E-state index in [0.717, 1.165) is 28.7 Å². The lowest BCUT2D eigenvalue weighted by Gasteiger charge is -2.43. The first-order chi connectivity index (χ1) is 10.1. The van der Waals surface area contributed by atoms with Gasteiger partial charge in [0.05, 0.1) is 5.39 Å². The molecular weight excluding hydrogens is 260 g/mol. The van der Waals surface area contributed by atoms with Gasteiger partial charge in [-0.1, -0.05) is 27.2 Å². The number of anilines is 1. The first-order valence-electron chi connectivity index (χ1n) is 8.09. The molecule has 1 saturated carbocycles. The Morgan fingerprint density at radius 3 is 2.86 bits per heavy atom. The third kappa shape index (κ3) is 2.63. The fraction of sp³-hybridized carbons (Fsp3) is 0.647. The first-order valence-corrected chi connectivity index (χ1v) is 8.09. The molecule has 0 bridgehead atoms. The molecule has 2 aromatic heterocycles. The van der Waals surface area contributed by atoms with Crippen molar-refractivity contribution in [3.8, 4) is 0 Å². The minimum atomic E-state index is 0.571. The number of rotatable bonds is 3. The molecule has 114 valence electrons. The Balaban J connectivity index is 1.95. The molecule has 1 aliphatic rings. The minimum Gasteiger partial charge on any atom is -0.356 e.